The summed E-state index contributed by atoms with van der Waals surface area (Å²) in [5, 5.41) is 9.97. The lowest BCUT2D eigenvalue weighted by molar-refractivity contribution is -0.137. The Labute approximate surface area is 164 Å². The summed E-state index contributed by atoms with van der Waals surface area (Å²) in [5.41, 5.74) is -0.558. The van der Waals surface area contributed by atoms with E-state index in [1.807, 2.05) is 0 Å². The molecule has 25 heavy (non-hydrogen) atoms. The van der Waals surface area contributed by atoms with Crippen LogP contribution in [0.15, 0.2) is 26.6 Å². The van der Waals surface area contributed by atoms with Crippen molar-refractivity contribution in [2.45, 2.75) is 6.92 Å². The van der Waals surface area contributed by atoms with Crippen molar-refractivity contribution in [1.82, 2.24) is 9.97 Å². The first-order valence-corrected chi connectivity index (χ1v) is 8.97. The number of esters is 1. The number of carbonyl (C=O) groups excluding carboxylic acids is 1. The zero-order valence-corrected chi connectivity index (χ0v) is 16.4. The topological polar surface area (TPSA) is 84.7 Å². The molecule has 0 fully saturated rings. The molecular weight excluding hydrogens is 460 g/mol. The molecule has 0 bridgehead atoms. The van der Waals surface area contributed by atoms with Crippen molar-refractivity contribution in [2.75, 3.05) is 6.61 Å². The van der Waals surface area contributed by atoms with Crippen LogP contribution < -0.4 is 0 Å². The van der Waals surface area contributed by atoms with Crippen molar-refractivity contribution >= 4 is 73.5 Å². The van der Waals surface area contributed by atoms with E-state index >= 15 is 0 Å². The molecule has 2 heterocycles. The average molecular weight is 469 g/mol. The molecule has 6 nitrogen and oxygen atoms in total. The molecule has 2 rings (SSSR count). The number of hydrogen-bond donors (Lipinski definition) is 1. The number of aliphatic hydroxyl groups excluding tert-OH is 1. The van der Waals surface area contributed by atoms with E-state index in [4.69, 9.17) is 27.9 Å². The first-order valence-electron chi connectivity index (χ1n) is 6.61. The monoisotopic (exact) mass is 467 g/mol. The number of hydrogen-bond acceptors (Lipinski definition) is 7. The molecule has 0 aromatic carbocycles. The van der Waals surface area contributed by atoms with E-state index in [1.165, 1.54) is 17.5 Å². The van der Waals surface area contributed by atoms with Crippen LogP contribution in [0, 0.1) is 5.82 Å². The number of aromatic nitrogens is 2. The van der Waals surface area contributed by atoms with Gasteiger partial charge >= 0.3 is 5.97 Å². The fourth-order valence-corrected chi connectivity index (χ4v) is 3.04. The molecule has 11 heteroatoms. The van der Waals surface area contributed by atoms with Crippen LogP contribution >= 0.6 is 50.5 Å². The maximum Gasteiger partial charge on any atom is 0.343 e. The predicted molar refractivity (Wildman–Crippen MR) is 98.4 cm³/mol. The summed E-state index contributed by atoms with van der Waals surface area (Å²) in [6.07, 6.45) is 2.59. The van der Waals surface area contributed by atoms with Gasteiger partial charge in [-0.3, -0.25) is 0 Å². The lowest BCUT2D eigenvalue weighted by atomic mass is 10.1. The second kappa shape index (κ2) is 8.70. The lowest BCUT2D eigenvalue weighted by Crippen LogP contribution is -2.11. The van der Waals surface area contributed by atoms with Crippen LogP contribution in [0.25, 0.3) is 5.76 Å². The second-order valence-corrected chi connectivity index (χ2v) is 7.39. The molecule has 2 aromatic rings. The Kier molecular flexibility index (Phi) is 6.88. The SMILES string of the molecule is CCOC(=O)C(/C=N/c1ncc(Br)s1)=C(\O)c1cc(F)c(Cl)nc1Cl. The Hall–Kier alpha value is -1.55. The molecule has 0 radical (unpaired) electrons. The van der Waals surface area contributed by atoms with Gasteiger partial charge in [-0.1, -0.05) is 34.5 Å². The summed E-state index contributed by atoms with van der Waals surface area (Å²) in [7, 11) is 0. The van der Waals surface area contributed by atoms with E-state index in [0.29, 0.717) is 5.13 Å². The number of thiazole rings is 1. The van der Waals surface area contributed by atoms with Crippen molar-refractivity contribution in [2.24, 2.45) is 4.99 Å². The Morgan fingerprint density at radius 1 is 1.52 bits per heavy atom. The van der Waals surface area contributed by atoms with Crippen LogP contribution in [0.5, 0.6) is 0 Å². The molecule has 0 saturated heterocycles. The van der Waals surface area contributed by atoms with Gasteiger partial charge in [-0.05, 0) is 28.9 Å². The van der Waals surface area contributed by atoms with Crippen molar-refractivity contribution < 1.29 is 19.0 Å². The fraction of sp³-hybridized carbons (Fsp3) is 0.143. The highest BCUT2D eigenvalue weighted by Gasteiger charge is 2.20. The van der Waals surface area contributed by atoms with Crippen molar-refractivity contribution in [3.05, 3.63) is 43.3 Å². The summed E-state index contributed by atoms with van der Waals surface area (Å²) in [6.45, 7) is 1.66. The third-order valence-electron chi connectivity index (χ3n) is 2.66. The number of pyridine rings is 1. The fourth-order valence-electron chi connectivity index (χ4n) is 1.60. The molecule has 2 aromatic heterocycles. The molecule has 0 aliphatic heterocycles. The maximum absolute atomic E-state index is 13.6. The van der Waals surface area contributed by atoms with E-state index in [9.17, 15) is 14.3 Å². The van der Waals surface area contributed by atoms with Crippen LogP contribution in [0.3, 0.4) is 0 Å². The number of ether oxygens (including phenoxy) is 1. The summed E-state index contributed by atoms with van der Waals surface area (Å²) >= 11 is 15.8. The van der Waals surface area contributed by atoms with Crippen LogP contribution in [0.4, 0.5) is 9.52 Å². The minimum atomic E-state index is -0.906. The van der Waals surface area contributed by atoms with E-state index in [1.54, 1.807) is 6.92 Å². The molecule has 0 unspecified atom stereocenters. The van der Waals surface area contributed by atoms with Gasteiger partial charge in [0.05, 0.1) is 22.2 Å². The van der Waals surface area contributed by atoms with Gasteiger partial charge in [0, 0.05) is 6.21 Å². The van der Waals surface area contributed by atoms with Crippen molar-refractivity contribution in [3.8, 4) is 0 Å². The maximum atomic E-state index is 13.6. The van der Waals surface area contributed by atoms with Gasteiger partial charge in [-0.2, -0.15) is 0 Å². The predicted octanol–water partition coefficient (Wildman–Crippen LogP) is 4.98. The van der Waals surface area contributed by atoms with Gasteiger partial charge in [0.1, 0.15) is 16.5 Å². The second-order valence-electron chi connectivity index (χ2n) is 4.29. The average Bonchev–Trinajstić information content (AvgIpc) is 2.96. The molecule has 0 aliphatic carbocycles. The van der Waals surface area contributed by atoms with Crippen LogP contribution in [0.1, 0.15) is 12.5 Å². The molecule has 0 amide bonds. The molecule has 0 spiro atoms. The highest BCUT2D eigenvalue weighted by molar-refractivity contribution is 9.11. The molecule has 0 atom stereocenters. The zero-order chi connectivity index (χ0) is 18.6. The Balaban J connectivity index is 2.52. The van der Waals surface area contributed by atoms with E-state index in [2.05, 4.69) is 30.9 Å². The Bertz CT molecular complexity index is 873. The number of aliphatic hydroxyl groups is 1. The van der Waals surface area contributed by atoms with E-state index in [-0.39, 0.29) is 22.9 Å². The standard InChI is InChI=1S/C14H9BrCl2FN3O3S/c1-2-24-13(23)7(4-19-14-20-5-9(15)25-14)10(22)6-3-8(18)12(17)21-11(6)16/h3-5,22H,2H2,1H3/b10-7-,19-4+. The number of rotatable bonds is 5. The molecule has 132 valence electrons. The molecule has 1 N–H and O–H groups in total. The van der Waals surface area contributed by atoms with Crippen LogP contribution in [-0.2, 0) is 9.53 Å². The van der Waals surface area contributed by atoms with Gasteiger partial charge in [0.2, 0.25) is 5.13 Å². The van der Waals surface area contributed by atoms with E-state index in [0.717, 1.165) is 16.1 Å². The van der Waals surface area contributed by atoms with E-state index < -0.39 is 22.7 Å². The van der Waals surface area contributed by atoms with Crippen molar-refractivity contribution in [3.63, 3.8) is 0 Å². The Morgan fingerprint density at radius 2 is 2.24 bits per heavy atom. The Morgan fingerprint density at radius 3 is 2.84 bits per heavy atom. The van der Waals surface area contributed by atoms with Crippen LogP contribution in [0.2, 0.25) is 10.3 Å². The lowest BCUT2D eigenvalue weighted by Gasteiger charge is -2.08. The van der Waals surface area contributed by atoms with Gasteiger partial charge < -0.3 is 9.84 Å². The number of carbonyl (C=O) groups is 1. The summed E-state index contributed by atoms with van der Waals surface area (Å²) < 4.78 is 19.2. The van der Waals surface area contributed by atoms with Gasteiger partial charge in [0.25, 0.3) is 0 Å². The minimum absolute atomic E-state index is 0.0627. The zero-order valence-electron chi connectivity index (χ0n) is 12.5. The van der Waals surface area contributed by atoms with Gasteiger partial charge in [0.15, 0.2) is 11.0 Å². The van der Waals surface area contributed by atoms with Crippen LogP contribution in [-0.4, -0.2) is 33.9 Å². The quantitative estimate of drug-likeness (QED) is 0.220. The smallest absolute Gasteiger partial charge is 0.343 e. The first-order chi connectivity index (χ1) is 11.8. The highest BCUT2D eigenvalue weighted by atomic mass is 79.9. The molecule has 0 saturated carbocycles. The normalized spacial score (nSPS) is 12.4. The summed E-state index contributed by atoms with van der Waals surface area (Å²) in [5.74, 6) is -2.42. The van der Waals surface area contributed by atoms with Crippen molar-refractivity contribution in [1.29, 1.82) is 0 Å². The number of halogens is 4. The summed E-state index contributed by atoms with van der Waals surface area (Å²) in [4.78, 5) is 23.6. The van der Waals surface area contributed by atoms with Gasteiger partial charge in [-0.25, -0.2) is 24.1 Å². The van der Waals surface area contributed by atoms with Gasteiger partial charge in [-0.15, -0.1) is 0 Å². The highest BCUT2D eigenvalue weighted by Crippen LogP contribution is 2.28. The minimum Gasteiger partial charge on any atom is -0.506 e. The third-order valence-corrected chi connectivity index (χ3v) is 4.60. The number of nitrogens with zero attached hydrogens (tertiary/aromatic N) is 3. The largest absolute Gasteiger partial charge is 0.506 e. The molecule has 0 aliphatic rings. The molecular formula is C14H9BrCl2FN3O3S. The number of aliphatic imine (C=N–C) groups is 1. The first kappa shape index (κ1) is 19.8. The third kappa shape index (κ3) is 4.97. The summed E-state index contributed by atoms with van der Waals surface area (Å²) in [6, 6.07) is 0.861.